The highest BCUT2D eigenvalue weighted by molar-refractivity contribution is 5.87. The third-order valence-electron chi connectivity index (χ3n) is 3.03. The number of allylic oxidation sites excluding steroid dienone is 1. The largest absolute Gasteiger partial charge is 0.459 e. The number of carbonyl (C=O) groups is 1. The van der Waals surface area contributed by atoms with Crippen molar-refractivity contribution in [3.63, 3.8) is 0 Å². The number of hydrogen-bond acceptors (Lipinski definition) is 2. The molecule has 0 saturated carbocycles. The van der Waals surface area contributed by atoms with Gasteiger partial charge >= 0.3 is 5.97 Å². The summed E-state index contributed by atoms with van der Waals surface area (Å²) < 4.78 is 5.32. The SMILES string of the molecule is C/C=C(\C)C(=O)OC(C)CCCCCCCC. The summed E-state index contributed by atoms with van der Waals surface area (Å²) in [5.74, 6) is -0.175. The number of carbonyl (C=O) groups excluding carboxylic acids is 1. The maximum Gasteiger partial charge on any atom is 0.333 e. The molecule has 0 fully saturated rings. The molecule has 0 saturated heterocycles. The van der Waals surface area contributed by atoms with E-state index in [1.165, 1.54) is 32.1 Å². The Morgan fingerprint density at radius 1 is 1.18 bits per heavy atom. The summed E-state index contributed by atoms with van der Waals surface area (Å²) in [5, 5.41) is 0. The first-order chi connectivity index (χ1) is 8.11. The summed E-state index contributed by atoms with van der Waals surface area (Å²) in [6.45, 7) is 7.85. The van der Waals surface area contributed by atoms with Gasteiger partial charge in [0.05, 0.1) is 6.10 Å². The molecule has 0 radical (unpaired) electrons. The molecule has 0 aliphatic carbocycles. The highest BCUT2D eigenvalue weighted by atomic mass is 16.5. The van der Waals surface area contributed by atoms with Crippen LogP contribution in [0.15, 0.2) is 11.6 Å². The maximum atomic E-state index is 11.5. The second-order valence-corrected chi connectivity index (χ2v) is 4.74. The molecular formula is C15H28O2. The monoisotopic (exact) mass is 240 g/mol. The van der Waals surface area contributed by atoms with Crippen LogP contribution in [-0.2, 0) is 9.53 Å². The normalized spacial score (nSPS) is 13.5. The Bertz CT molecular complexity index is 231. The number of unbranched alkanes of at least 4 members (excludes halogenated alkanes) is 5. The van der Waals surface area contributed by atoms with Crippen molar-refractivity contribution >= 4 is 5.97 Å². The van der Waals surface area contributed by atoms with Gasteiger partial charge in [0.2, 0.25) is 0 Å². The smallest absolute Gasteiger partial charge is 0.333 e. The van der Waals surface area contributed by atoms with Crippen molar-refractivity contribution in [1.29, 1.82) is 0 Å². The van der Waals surface area contributed by atoms with Gasteiger partial charge in [0.1, 0.15) is 0 Å². The van der Waals surface area contributed by atoms with Crippen molar-refractivity contribution in [2.24, 2.45) is 0 Å². The van der Waals surface area contributed by atoms with Gasteiger partial charge in [0.15, 0.2) is 0 Å². The Hall–Kier alpha value is -0.790. The van der Waals surface area contributed by atoms with E-state index in [1.807, 2.05) is 13.8 Å². The minimum Gasteiger partial charge on any atom is -0.459 e. The maximum absolute atomic E-state index is 11.5. The Morgan fingerprint density at radius 3 is 2.35 bits per heavy atom. The van der Waals surface area contributed by atoms with Crippen molar-refractivity contribution in [2.75, 3.05) is 0 Å². The lowest BCUT2D eigenvalue weighted by atomic mass is 10.1. The van der Waals surface area contributed by atoms with Gasteiger partial charge in [0.25, 0.3) is 0 Å². The summed E-state index contributed by atoms with van der Waals surface area (Å²) in [5.41, 5.74) is 0.694. The van der Waals surface area contributed by atoms with Crippen molar-refractivity contribution in [1.82, 2.24) is 0 Å². The molecule has 0 aliphatic rings. The third-order valence-corrected chi connectivity index (χ3v) is 3.03. The number of hydrogen-bond donors (Lipinski definition) is 0. The van der Waals surface area contributed by atoms with Gasteiger partial charge in [-0.1, -0.05) is 45.1 Å². The fourth-order valence-corrected chi connectivity index (χ4v) is 1.66. The van der Waals surface area contributed by atoms with Crippen LogP contribution < -0.4 is 0 Å². The van der Waals surface area contributed by atoms with E-state index in [1.54, 1.807) is 13.0 Å². The van der Waals surface area contributed by atoms with Crippen LogP contribution in [-0.4, -0.2) is 12.1 Å². The molecule has 0 N–H and O–H groups in total. The van der Waals surface area contributed by atoms with Crippen LogP contribution in [0.4, 0.5) is 0 Å². The van der Waals surface area contributed by atoms with Crippen LogP contribution in [0.5, 0.6) is 0 Å². The van der Waals surface area contributed by atoms with E-state index in [0.717, 1.165) is 12.8 Å². The minimum absolute atomic E-state index is 0.0450. The Morgan fingerprint density at radius 2 is 1.76 bits per heavy atom. The van der Waals surface area contributed by atoms with E-state index in [9.17, 15) is 4.79 Å². The molecule has 17 heavy (non-hydrogen) atoms. The van der Waals surface area contributed by atoms with Crippen LogP contribution in [0.25, 0.3) is 0 Å². The highest BCUT2D eigenvalue weighted by Crippen LogP contribution is 2.11. The molecule has 0 rings (SSSR count). The zero-order valence-corrected chi connectivity index (χ0v) is 11.9. The Balaban J connectivity index is 3.53. The molecule has 0 bridgehead atoms. The average Bonchev–Trinajstić information content (AvgIpc) is 2.32. The first-order valence-corrected chi connectivity index (χ1v) is 6.95. The van der Waals surface area contributed by atoms with Gasteiger partial charge in [-0.15, -0.1) is 0 Å². The molecule has 0 aromatic rings. The van der Waals surface area contributed by atoms with Gasteiger partial charge in [-0.05, 0) is 33.6 Å². The summed E-state index contributed by atoms with van der Waals surface area (Å²) in [6.07, 6.45) is 10.5. The van der Waals surface area contributed by atoms with E-state index >= 15 is 0 Å². The summed E-state index contributed by atoms with van der Waals surface area (Å²) in [7, 11) is 0. The predicted octanol–water partition coefficient (Wildman–Crippen LogP) is 4.63. The number of esters is 1. The first-order valence-electron chi connectivity index (χ1n) is 6.95. The standard InChI is InChI=1S/C15H28O2/c1-5-7-8-9-10-11-12-14(4)17-15(16)13(3)6-2/h6,14H,5,7-12H2,1-4H3/b13-6+. The quantitative estimate of drug-likeness (QED) is 0.333. The summed E-state index contributed by atoms with van der Waals surface area (Å²) >= 11 is 0. The lowest BCUT2D eigenvalue weighted by molar-refractivity contribution is -0.143. The fourth-order valence-electron chi connectivity index (χ4n) is 1.66. The van der Waals surface area contributed by atoms with Crippen LogP contribution in [0, 0.1) is 0 Å². The van der Waals surface area contributed by atoms with Gasteiger partial charge < -0.3 is 4.74 Å². The van der Waals surface area contributed by atoms with E-state index < -0.39 is 0 Å². The predicted molar refractivity (Wildman–Crippen MR) is 73.0 cm³/mol. The Kier molecular flexibility index (Phi) is 9.89. The topological polar surface area (TPSA) is 26.3 Å². The van der Waals surface area contributed by atoms with Crippen LogP contribution in [0.1, 0.15) is 72.6 Å². The second-order valence-electron chi connectivity index (χ2n) is 4.74. The highest BCUT2D eigenvalue weighted by Gasteiger charge is 2.10. The van der Waals surface area contributed by atoms with E-state index in [-0.39, 0.29) is 12.1 Å². The van der Waals surface area contributed by atoms with Gasteiger partial charge in [-0.3, -0.25) is 0 Å². The molecule has 1 atom stereocenters. The van der Waals surface area contributed by atoms with Gasteiger partial charge in [-0.2, -0.15) is 0 Å². The van der Waals surface area contributed by atoms with Gasteiger partial charge in [-0.25, -0.2) is 4.79 Å². The lowest BCUT2D eigenvalue weighted by Gasteiger charge is -2.13. The van der Waals surface area contributed by atoms with Crippen LogP contribution in [0.2, 0.25) is 0 Å². The van der Waals surface area contributed by atoms with E-state index in [0.29, 0.717) is 5.57 Å². The lowest BCUT2D eigenvalue weighted by Crippen LogP contribution is -2.15. The molecule has 2 nitrogen and oxygen atoms in total. The third kappa shape index (κ3) is 8.96. The van der Waals surface area contributed by atoms with Crippen molar-refractivity contribution < 1.29 is 9.53 Å². The zero-order valence-electron chi connectivity index (χ0n) is 11.9. The van der Waals surface area contributed by atoms with Crippen LogP contribution in [0.3, 0.4) is 0 Å². The van der Waals surface area contributed by atoms with E-state index in [2.05, 4.69) is 6.92 Å². The number of rotatable bonds is 9. The molecule has 1 unspecified atom stereocenters. The fraction of sp³-hybridized carbons (Fsp3) is 0.800. The molecule has 0 spiro atoms. The molecule has 0 heterocycles. The minimum atomic E-state index is -0.175. The molecular weight excluding hydrogens is 212 g/mol. The van der Waals surface area contributed by atoms with Crippen molar-refractivity contribution in [3.8, 4) is 0 Å². The van der Waals surface area contributed by atoms with Crippen molar-refractivity contribution in [3.05, 3.63) is 11.6 Å². The summed E-state index contributed by atoms with van der Waals surface area (Å²) in [4.78, 5) is 11.5. The molecule has 0 aromatic carbocycles. The molecule has 100 valence electrons. The van der Waals surface area contributed by atoms with Crippen LogP contribution >= 0.6 is 0 Å². The van der Waals surface area contributed by atoms with Gasteiger partial charge in [0, 0.05) is 5.57 Å². The molecule has 0 aromatic heterocycles. The summed E-state index contributed by atoms with van der Waals surface area (Å²) in [6, 6.07) is 0. The zero-order chi connectivity index (χ0) is 13.1. The van der Waals surface area contributed by atoms with Crippen molar-refractivity contribution in [2.45, 2.75) is 78.7 Å². The molecule has 2 heteroatoms. The van der Waals surface area contributed by atoms with E-state index in [4.69, 9.17) is 4.74 Å². The Labute approximate surface area is 106 Å². The number of ether oxygens (including phenoxy) is 1. The first kappa shape index (κ1) is 16.2. The molecule has 0 amide bonds. The average molecular weight is 240 g/mol. The second kappa shape index (κ2) is 10.4. The molecule has 0 aliphatic heterocycles.